The summed E-state index contributed by atoms with van der Waals surface area (Å²) in [7, 11) is 0. The highest BCUT2D eigenvalue weighted by atomic mass is 32.1. The standard InChI is InChI=1S/C13H17N3S/c1-2-13(5-3-6-13)8-14-11-10-4-7-17-12(10)16-9-15-11/h4,7,9H,2-3,5-6,8H2,1H3,(H,14,15,16). The first kappa shape index (κ1) is 11.0. The molecule has 90 valence electrons. The van der Waals surface area contributed by atoms with Crippen LogP contribution < -0.4 is 5.32 Å². The maximum atomic E-state index is 4.36. The van der Waals surface area contributed by atoms with Gasteiger partial charge in [0.1, 0.15) is 17.0 Å². The van der Waals surface area contributed by atoms with Crippen LogP contribution in [0.1, 0.15) is 32.6 Å². The minimum atomic E-state index is 0.521. The Kier molecular flexibility index (Phi) is 2.74. The molecule has 0 unspecified atom stereocenters. The second-order valence-corrected chi connectivity index (χ2v) is 5.82. The van der Waals surface area contributed by atoms with Crippen LogP contribution in [0.4, 0.5) is 5.82 Å². The highest BCUT2D eigenvalue weighted by molar-refractivity contribution is 7.16. The number of thiophene rings is 1. The number of rotatable bonds is 4. The summed E-state index contributed by atoms with van der Waals surface area (Å²) in [5.41, 5.74) is 0.521. The van der Waals surface area contributed by atoms with Crippen molar-refractivity contribution in [1.29, 1.82) is 0 Å². The van der Waals surface area contributed by atoms with Gasteiger partial charge < -0.3 is 5.32 Å². The summed E-state index contributed by atoms with van der Waals surface area (Å²) in [6.45, 7) is 3.34. The van der Waals surface area contributed by atoms with Crippen molar-refractivity contribution in [2.75, 3.05) is 11.9 Å². The van der Waals surface area contributed by atoms with Crippen molar-refractivity contribution in [3.63, 3.8) is 0 Å². The zero-order valence-electron chi connectivity index (χ0n) is 10.1. The third-order valence-electron chi connectivity index (χ3n) is 4.06. The van der Waals surface area contributed by atoms with Gasteiger partial charge in [-0.25, -0.2) is 9.97 Å². The van der Waals surface area contributed by atoms with Gasteiger partial charge in [-0.3, -0.25) is 0 Å². The molecule has 1 fully saturated rings. The minimum Gasteiger partial charge on any atom is -0.369 e. The highest BCUT2D eigenvalue weighted by Gasteiger charge is 2.34. The van der Waals surface area contributed by atoms with E-state index >= 15 is 0 Å². The molecule has 0 atom stereocenters. The van der Waals surface area contributed by atoms with Crippen molar-refractivity contribution in [2.24, 2.45) is 5.41 Å². The lowest BCUT2D eigenvalue weighted by Gasteiger charge is -2.41. The van der Waals surface area contributed by atoms with E-state index in [1.807, 2.05) is 0 Å². The fourth-order valence-electron chi connectivity index (χ4n) is 2.53. The van der Waals surface area contributed by atoms with E-state index in [2.05, 4.69) is 33.7 Å². The molecule has 1 aliphatic carbocycles. The molecular formula is C13H17N3S. The number of nitrogens with one attached hydrogen (secondary N) is 1. The zero-order valence-corrected chi connectivity index (χ0v) is 10.9. The molecule has 4 heteroatoms. The number of hydrogen-bond acceptors (Lipinski definition) is 4. The van der Waals surface area contributed by atoms with Gasteiger partial charge in [0.25, 0.3) is 0 Å². The second-order valence-electron chi connectivity index (χ2n) is 4.92. The van der Waals surface area contributed by atoms with Crippen LogP contribution in [0, 0.1) is 5.41 Å². The fourth-order valence-corrected chi connectivity index (χ4v) is 3.27. The topological polar surface area (TPSA) is 37.8 Å². The van der Waals surface area contributed by atoms with Gasteiger partial charge in [0.15, 0.2) is 0 Å². The van der Waals surface area contributed by atoms with E-state index in [9.17, 15) is 0 Å². The summed E-state index contributed by atoms with van der Waals surface area (Å²) in [5, 5.41) is 6.75. The molecule has 0 amide bonds. The Labute approximate surface area is 105 Å². The van der Waals surface area contributed by atoms with Crippen LogP contribution in [0.3, 0.4) is 0 Å². The smallest absolute Gasteiger partial charge is 0.138 e. The molecule has 0 aromatic carbocycles. The Morgan fingerprint density at radius 3 is 3.00 bits per heavy atom. The molecule has 0 saturated heterocycles. The maximum absolute atomic E-state index is 4.36. The number of aromatic nitrogens is 2. The summed E-state index contributed by atoms with van der Waals surface area (Å²) < 4.78 is 0. The Morgan fingerprint density at radius 1 is 1.41 bits per heavy atom. The summed E-state index contributed by atoms with van der Waals surface area (Å²) in [5.74, 6) is 0.996. The van der Waals surface area contributed by atoms with Gasteiger partial charge in [-0.15, -0.1) is 11.3 Å². The van der Waals surface area contributed by atoms with E-state index in [0.29, 0.717) is 5.41 Å². The van der Waals surface area contributed by atoms with Gasteiger partial charge in [0, 0.05) is 6.54 Å². The largest absolute Gasteiger partial charge is 0.369 e. The Hall–Kier alpha value is -1.16. The van der Waals surface area contributed by atoms with Crippen molar-refractivity contribution in [2.45, 2.75) is 32.6 Å². The van der Waals surface area contributed by atoms with Crippen LogP contribution in [-0.2, 0) is 0 Å². The van der Waals surface area contributed by atoms with Gasteiger partial charge in [-0.05, 0) is 36.1 Å². The van der Waals surface area contributed by atoms with Crippen molar-refractivity contribution in [3.8, 4) is 0 Å². The van der Waals surface area contributed by atoms with Gasteiger partial charge in [0.05, 0.1) is 5.39 Å². The van der Waals surface area contributed by atoms with Crippen molar-refractivity contribution in [3.05, 3.63) is 17.8 Å². The van der Waals surface area contributed by atoms with Crippen LogP contribution in [0.2, 0.25) is 0 Å². The van der Waals surface area contributed by atoms with E-state index < -0.39 is 0 Å². The number of anilines is 1. The first-order valence-electron chi connectivity index (χ1n) is 6.25. The molecule has 2 aromatic heterocycles. The number of fused-ring (bicyclic) bond motifs is 1. The third kappa shape index (κ3) is 1.90. The maximum Gasteiger partial charge on any atom is 0.138 e. The first-order valence-corrected chi connectivity index (χ1v) is 7.13. The highest BCUT2D eigenvalue weighted by Crippen LogP contribution is 2.43. The van der Waals surface area contributed by atoms with Gasteiger partial charge in [-0.1, -0.05) is 13.3 Å². The van der Waals surface area contributed by atoms with Crippen LogP contribution in [-0.4, -0.2) is 16.5 Å². The fraction of sp³-hybridized carbons (Fsp3) is 0.538. The van der Waals surface area contributed by atoms with E-state index in [1.165, 1.54) is 25.7 Å². The SMILES string of the molecule is CCC1(CNc2ncnc3sccc23)CCC1. The molecule has 0 spiro atoms. The summed E-state index contributed by atoms with van der Waals surface area (Å²) in [6.07, 6.45) is 7.01. The number of nitrogens with zero attached hydrogens (tertiary/aromatic N) is 2. The third-order valence-corrected chi connectivity index (χ3v) is 4.88. The normalized spacial score (nSPS) is 17.9. The lowest BCUT2D eigenvalue weighted by molar-refractivity contribution is 0.145. The van der Waals surface area contributed by atoms with Crippen molar-refractivity contribution < 1.29 is 0 Å². The van der Waals surface area contributed by atoms with Gasteiger partial charge >= 0.3 is 0 Å². The molecule has 0 radical (unpaired) electrons. The average Bonchev–Trinajstić information content (AvgIpc) is 2.77. The molecule has 0 bridgehead atoms. The Bertz CT molecular complexity index is 511. The molecule has 1 aliphatic rings. The summed E-state index contributed by atoms with van der Waals surface area (Å²) in [4.78, 5) is 9.70. The molecule has 3 nitrogen and oxygen atoms in total. The molecule has 3 rings (SSSR count). The minimum absolute atomic E-state index is 0.521. The molecule has 1 N–H and O–H groups in total. The summed E-state index contributed by atoms with van der Waals surface area (Å²) >= 11 is 1.67. The van der Waals surface area contributed by atoms with Crippen molar-refractivity contribution >= 4 is 27.4 Å². The quantitative estimate of drug-likeness (QED) is 0.895. The zero-order chi connectivity index (χ0) is 11.7. The van der Waals surface area contributed by atoms with Crippen molar-refractivity contribution in [1.82, 2.24) is 9.97 Å². The Morgan fingerprint density at radius 2 is 2.29 bits per heavy atom. The molecule has 17 heavy (non-hydrogen) atoms. The van der Waals surface area contributed by atoms with Crippen LogP contribution in [0.15, 0.2) is 17.8 Å². The van der Waals surface area contributed by atoms with E-state index in [1.54, 1.807) is 17.7 Å². The van der Waals surface area contributed by atoms with E-state index in [4.69, 9.17) is 0 Å². The Balaban J connectivity index is 1.78. The molecule has 0 aliphatic heterocycles. The predicted molar refractivity (Wildman–Crippen MR) is 72.5 cm³/mol. The first-order chi connectivity index (χ1) is 8.33. The van der Waals surface area contributed by atoms with Gasteiger partial charge in [0.2, 0.25) is 0 Å². The predicted octanol–water partition coefficient (Wildman–Crippen LogP) is 3.68. The molecule has 2 aromatic rings. The lowest BCUT2D eigenvalue weighted by atomic mass is 9.67. The second kappa shape index (κ2) is 4.26. The average molecular weight is 247 g/mol. The molecular weight excluding hydrogens is 230 g/mol. The van der Waals surface area contributed by atoms with Crippen LogP contribution in [0.25, 0.3) is 10.2 Å². The van der Waals surface area contributed by atoms with Crippen LogP contribution in [0.5, 0.6) is 0 Å². The summed E-state index contributed by atoms with van der Waals surface area (Å²) in [6, 6.07) is 2.10. The number of hydrogen-bond donors (Lipinski definition) is 1. The van der Waals surface area contributed by atoms with Gasteiger partial charge in [-0.2, -0.15) is 0 Å². The molecule has 1 saturated carbocycles. The monoisotopic (exact) mass is 247 g/mol. The molecule has 2 heterocycles. The van der Waals surface area contributed by atoms with Crippen LogP contribution >= 0.6 is 11.3 Å². The van der Waals surface area contributed by atoms with E-state index in [0.717, 1.165) is 22.6 Å². The van der Waals surface area contributed by atoms with E-state index in [-0.39, 0.29) is 0 Å². The lowest BCUT2D eigenvalue weighted by Crippen LogP contribution is -2.36.